The lowest BCUT2D eigenvalue weighted by atomic mass is 10.1. The largest absolute Gasteiger partial charge is 0.454 e. The number of rotatable bonds is 2. The highest BCUT2D eigenvalue weighted by atomic mass is 16.7. The minimum absolute atomic E-state index is 0.232. The van der Waals surface area contributed by atoms with Crippen LogP contribution in [0.4, 0.5) is 0 Å². The van der Waals surface area contributed by atoms with Gasteiger partial charge in [-0.15, -0.1) is 0 Å². The van der Waals surface area contributed by atoms with Crippen LogP contribution in [-0.2, 0) is 0 Å². The van der Waals surface area contributed by atoms with Crippen molar-refractivity contribution >= 4 is 22.7 Å². The van der Waals surface area contributed by atoms with Gasteiger partial charge in [0.05, 0.1) is 16.6 Å². The van der Waals surface area contributed by atoms with Crippen LogP contribution in [0.5, 0.6) is 11.5 Å². The molecule has 1 N–H and O–H groups in total. The lowest BCUT2D eigenvalue weighted by Crippen LogP contribution is -1.92. The molecule has 3 aromatic rings. The Labute approximate surface area is 139 Å². The van der Waals surface area contributed by atoms with Crippen LogP contribution in [0.3, 0.4) is 0 Å². The van der Waals surface area contributed by atoms with Crippen LogP contribution < -0.4 is 9.47 Å². The van der Waals surface area contributed by atoms with Crippen LogP contribution in [-0.4, -0.2) is 16.8 Å². The predicted molar refractivity (Wildman–Crippen MR) is 91.6 cm³/mol. The number of H-pyrrole nitrogens is 1. The molecule has 0 unspecified atom stereocenters. The standard InChI is InChI=1S/C19H15N3O2/c1-11-5-15-16(6-12(11)2)22-19(21-15)14(9-20)7-13-3-4-17-18(8-13)24-10-23-17/h3-8H,10H2,1-2H3,(H,21,22). The van der Waals surface area contributed by atoms with E-state index >= 15 is 0 Å². The van der Waals surface area contributed by atoms with Gasteiger partial charge in [-0.1, -0.05) is 6.07 Å². The maximum absolute atomic E-state index is 9.53. The van der Waals surface area contributed by atoms with E-state index in [1.54, 1.807) is 6.08 Å². The fourth-order valence-corrected chi connectivity index (χ4v) is 2.72. The fourth-order valence-electron chi connectivity index (χ4n) is 2.72. The summed E-state index contributed by atoms with van der Waals surface area (Å²) in [7, 11) is 0. The van der Waals surface area contributed by atoms with Crippen molar-refractivity contribution in [3.63, 3.8) is 0 Å². The number of aromatic amines is 1. The van der Waals surface area contributed by atoms with Crippen LogP contribution in [0.25, 0.3) is 22.7 Å². The molecule has 24 heavy (non-hydrogen) atoms. The van der Waals surface area contributed by atoms with Crippen molar-refractivity contribution in [3.8, 4) is 17.6 Å². The summed E-state index contributed by atoms with van der Waals surface area (Å²) < 4.78 is 10.7. The molecule has 0 saturated heterocycles. The number of hydrogen-bond acceptors (Lipinski definition) is 4. The Hall–Kier alpha value is -3.26. The zero-order valence-electron chi connectivity index (χ0n) is 13.4. The third-order valence-electron chi connectivity index (χ3n) is 4.18. The van der Waals surface area contributed by atoms with Gasteiger partial charge in [-0.05, 0) is 60.9 Å². The van der Waals surface area contributed by atoms with Crippen LogP contribution in [0.1, 0.15) is 22.5 Å². The first-order valence-corrected chi connectivity index (χ1v) is 7.63. The Morgan fingerprint density at radius 3 is 2.79 bits per heavy atom. The Morgan fingerprint density at radius 2 is 1.96 bits per heavy atom. The molecule has 0 fully saturated rings. The van der Waals surface area contributed by atoms with E-state index in [4.69, 9.17) is 9.47 Å². The van der Waals surface area contributed by atoms with E-state index in [1.807, 2.05) is 24.3 Å². The van der Waals surface area contributed by atoms with Crippen LogP contribution in [0, 0.1) is 25.2 Å². The molecule has 0 radical (unpaired) electrons. The number of nitrogens with one attached hydrogen (secondary N) is 1. The predicted octanol–water partition coefficient (Wildman–Crippen LogP) is 3.97. The van der Waals surface area contributed by atoms with Gasteiger partial charge in [-0.2, -0.15) is 5.26 Å². The Balaban J connectivity index is 1.77. The monoisotopic (exact) mass is 317 g/mol. The van der Waals surface area contributed by atoms with Gasteiger partial charge in [0.1, 0.15) is 11.9 Å². The molecule has 0 aliphatic carbocycles. The van der Waals surface area contributed by atoms with Crippen molar-refractivity contribution in [1.29, 1.82) is 5.26 Å². The highest BCUT2D eigenvalue weighted by molar-refractivity contribution is 5.90. The average molecular weight is 317 g/mol. The molecule has 1 aliphatic rings. The number of aryl methyl sites for hydroxylation is 2. The van der Waals surface area contributed by atoms with Gasteiger partial charge < -0.3 is 14.5 Å². The van der Waals surface area contributed by atoms with Crippen molar-refractivity contribution in [2.45, 2.75) is 13.8 Å². The quantitative estimate of drug-likeness (QED) is 0.726. The number of nitriles is 1. The first kappa shape index (κ1) is 14.3. The van der Waals surface area contributed by atoms with Gasteiger partial charge in [-0.25, -0.2) is 4.98 Å². The van der Waals surface area contributed by atoms with Gasteiger partial charge >= 0.3 is 0 Å². The second-order valence-electron chi connectivity index (χ2n) is 5.82. The van der Waals surface area contributed by atoms with E-state index in [-0.39, 0.29) is 6.79 Å². The van der Waals surface area contributed by atoms with E-state index in [2.05, 4.69) is 36.0 Å². The maximum Gasteiger partial charge on any atom is 0.231 e. The molecule has 4 rings (SSSR count). The summed E-state index contributed by atoms with van der Waals surface area (Å²) in [6.07, 6.45) is 1.79. The van der Waals surface area contributed by atoms with Gasteiger partial charge in [0, 0.05) is 0 Å². The molecular weight excluding hydrogens is 302 g/mol. The molecule has 5 nitrogen and oxygen atoms in total. The van der Waals surface area contributed by atoms with E-state index < -0.39 is 0 Å². The number of allylic oxidation sites excluding steroid dienone is 1. The Bertz CT molecular complexity index is 986. The first-order valence-electron chi connectivity index (χ1n) is 7.63. The van der Waals surface area contributed by atoms with Crippen molar-refractivity contribution < 1.29 is 9.47 Å². The molecule has 0 saturated carbocycles. The number of imidazole rings is 1. The molecule has 118 valence electrons. The molecule has 0 spiro atoms. The summed E-state index contributed by atoms with van der Waals surface area (Å²) in [6.45, 7) is 4.34. The van der Waals surface area contributed by atoms with Gasteiger partial charge in [0.15, 0.2) is 11.5 Å². The van der Waals surface area contributed by atoms with Crippen molar-refractivity contribution in [2.75, 3.05) is 6.79 Å². The first-order chi connectivity index (χ1) is 11.6. The molecule has 0 atom stereocenters. The highest BCUT2D eigenvalue weighted by Crippen LogP contribution is 2.33. The molecule has 1 aromatic heterocycles. The number of nitrogens with zero attached hydrogens (tertiary/aromatic N) is 2. The smallest absolute Gasteiger partial charge is 0.231 e. The lowest BCUT2D eigenvalue weighted by molar-refractivity contribution is 0.174. The molecular formula is C19H15N3O2. The third kappa shape index (κ3) is 2.38. The summed E-state index contributed by atoms with van der Waals surface area (Å²) in [5.41, 5.74) is 5.50. The number of ether oxygens (including phenoxy) is 2. The SMILES string of the molecule is Cc1cc2nc(C(C#N)=Cc3ccc4c(c3)OCO4)[nH]c2cc1C. The van der Waals surface area contributed by atoms with E-state index in [0.717, 1.165) is 22.3 Å². The zero-order chi connectivity index (χ0) is 16.7. The molecule has 5 heteroatoms. The van der Waals surface area contributed by atoms with Gasteiger partial charge in [-0.3, -0.25) is 0 Å². The van der Waals surface area contributed by atoms with Crippen LogP contribution >= 0.6 is 0 Å². The molecule has 0 amide bonds. The van der Waals surface area contributed by atoms with Crippen LogP contribution in [0.15, 0.2) is 30.3 Å². The van der Waals surface area contributed by atoms with E-state index in [1.165, 1.54) is 11.1 Å². The zero-order valence-corrected chi connectivity index (χ0v) is 13.4. The third-order valence-corrected chi connectivity index (χ3v) is 4.18. The van der Waals surface area contributed by atoms with E-state index in [0.29, 0.717) is 17.1 Å². The summed E-state index contributed by atoms with van der Waals surface area (Å²) in [5.74, 6) is 1.98. The summed E-state index contributed by atoms with van der Waals surface area (Å²) in [5, 5.41) is 9.53. The maximum atomic E-state index is 9.53. The van der Waals surface area contributed by atoms with Gasteiger partial charge in [0.2, 0.25) is 6.79 Å². The fraction of sp³-hybridized carbons (Fsp3) is 0.158. The second-order valence-corrected chi connectivity index (χ2v) is 5.82. The number of hydrogen-bond donors (Lipinski definition) is 1. The minimum atomic E-state index is 0.232. The molecule has 2 aromatic carbocycles. The second kappa shape index (κ2) is 5.43. The summed E-state index contributed by atoms with van der Waals surface area (Å²) in [6, 6.07) is 11.9. The topological polar surface area (TPSA) is 70.9 Å². The van der Waals surface area contributed by atoms with Gasteiger partial charge in [0.25, 0.3) is 0 Å². The minimum Gasteiger partial charge on any atom is -0.454 e. The molecule has 0 bridgehead atoms. The van der Waals surface area contributed by atoms with Crippen LogP contribution in [0.2, 0.25) is 0 Å². The molecule has 2 heterocycles. The highest BCUT2D eigenvalue weighted by Gasteiger charge is 2.14. The van der Waals surface area contributed by atoms with E-state index in [9.17, 15) is 5.26 Å². The van der Waals surface area contributed by atoms with Crippen molar-refractivity contribution in [2.24, 2.45) is 0 Å². The summed E-state index contributed by atoms with van der Waals surface area (Å²) >= 11 is 0. The number of benzene rings is 2. The summed E-state index contributed by atoms with van der Waals surface area (Å²) in [4.78, 5) is 7.78. The normalized spacial score (nSPS) is 13.3. The Kier molecular flexibility index (Phi) is 3.24. The molecule has 1 aliphatic heterocycles. The average Bonchev–Trinajstić information content (AvgIpc) is 3.19. The number of fused-ring (bicyclic) bond motifs is 2. The van der Waals surface area contributed by atoms with Crippen molar-refractivity contribution in [3.05, 3.63) is 52.8 Å². The number of aromatic nitrogens is 2. The lowest BCUT2D eigenvalue weighted by Gasteiger charge is -1.99. The van der Waals surface area contributed by atoms with Crippen molar-refractivity contribution in [1.82, 2.24) is 9.97 Å². The Morgan fingerprint density at radius 1 is 1.17 bits per heavy atom.